The number of carboxylic acid groups (broad SMARTS) is 1. The molecule has 0 aliphatic carbocycles. The minimum absolute atomic E-state index is 0.141. The molecule has 3 N–H and O–H groups in total. The van der Waals surface area contributed by atoms with Gasteiger partial charge in [0.25, 0.3) is 5.91 Å². The number of nitrogens with zero attached hydrogens (tertiary/aromatic N) is 2. The lowest BCUT2D eigenvalue weighted by atomic mass is 9.93. The number of aromatic carboxylic acids is 1. The molecule has 0 radical (unpaired) electrons. The van der Waals surface area contributed by atoms with E-state index in [2.05, 4.69) is 15.8 Å². The van der Waals surface area contributed by atoms with Crippen LogP contribution in [0.15, 0.2) is 70.4 Å². The molecule has 1 aromatic heterocycles. The number of carboxylic acids is 1. The highest BCUT2D eigenvalue weighted by Crippen LogP contribution is 2.38. The molecule has 0 bridgehead atoms. The first kappa shape index (κ1) is 23.0. The van der Waals surface area contributed by atoms with Gasteiger partial charge in [0, 0.05) is 11.8 Å². The highest BCUT2D eigenvalue weighted by Gasteiger charge is 2.35. The van der Waals surface area contributed by atoms with Crippen LogP contribution in [-0.2, 0) is 4.79 Å². The number of carbonyl (C=O) groups is 2. The van der Waals surface area contributed by atoms with Gasteiger partial charge in [0.05, 0.1) is 30.0 Å². The standard InChI is InChI=1S/C24H22N4O5S/c1-13-12-19(27-33-13)25-22(29)20-14(2)28(17-6-4-5-7-18(17)32-3)24(34)26-21(20)15-8-10-16(11-9-15)23(30)31/h4-12,21H,1-3H3,(H,26,34)(H,30,31)(H,25,27,29)/t21-/m0/s1. The molecule has 1 aliphatic heterocycles. The Morgan fingerprint density at radius 1 is 1.18 bits per heavy atom. The number of para-hydroxylation sites is 2. The van der Waals surface area contributed by atoms with Gasteiger partial charge in [-0.05, 0) is 55.9 Å². The summed E-state index contributed by atoms with van der Waals surface area (Å²) in [5, 5.41) is 19.5. The van der Waals surface area contributed by atoms with Gasteiger partial charge < -0.3 is 25.0 Å². The largest absolute Gasteiger partial charge is 0.495 e. The zero-order valence-electron chi connectivity index (χ0n) is 18.7. The summed E-state index contributed by atoms with van der Waals surface area (Å²) in [5.74, 6) is -0.0255. The topological polar surface area (TPSA) is 117 Å². The minimum atomic E-state index is -1.04. The molecule has 174 valence electrons. The molecule has 0 fully saturated rings. The molecule has 0 unspecified atom stereocenters. The van der Waals surface area contributed by atoms with Crippen LogP contribution in [0.25, 0.3) is 0 Å². The van der Waals surface area contributed by atoms with E-state index < -0.39 is 17.9 Å². The molecule has 34 heavy (non-hydrogen) atoms. The summed E-state index contributed by atoms with van der Waals surface area (Å²) in [6, 6.07) is 14.6. The van der Waals surface area contributed by atoms with Crippen LogP contribution in [0.1, 0.15) is 34.6 Å². The van der Waals surface area contributed by atoms with Crippen LogP contribution in [0.4, 0.5) is 11.5 Å². The molecule has 0 saturated heterocycles. The Morgan fingerprint density at radius 2 is 1.88 bits per heavy atom. The van der Waals surface area contributed by atoms with Crippen LogP contribution in [0, 0.1) is 6.92 Å². The molecule has 2 heterocycles. The Hall–Kier alpha value is -4.18. The maximum Gasteiger partial charge on any atom is 0.335 e. The highest BCUT2D eigenvalue weighted by atomic mass is 32.1. The predicted octanol–water partition coefficient (Wildman–Crippen LogP) is 4.04. The molecule has 1 amide bonds. The van der Waals surface area contributed by atoms with Crippen molar-refractivity contribution in [3.8, 4) is 5.75 Å². The molecular weight excluding hydrogens is 456 g/mol. The van der Waals surface area contributed by atoms with Gasteiger partial charge in [0.2, 0.25) is 0 Å². The van der Waals surface area contributed by atoms with E-state index in [0.717, 1.165) is 0 Å². The second-order valence-electron chi connectivity index (χ2n) is 7.59. The Balaban J connectivity index is 1.82. The van der Waals surface area contributed by atoms with E-state index >= 15 is 0 Å². The number of hydrogen-bond donors (Lipinski definition) is 3. The van der Waals surface area contributed by atoms with Crippen molar-refractivity contribution < 1.29 is 24.0 Å². The first-order valence-electron chi connectivity index (χ1n) is 10.3. The highest BCUT2D eigenvalue weighted by molar-refractivity contribution is 7.80. The van der Waals surface area contributed by atoms with Crippen molar-refractivity contribution in [1.29, 1.82) is 0 Å². The second-order valence-corrected chi connectivity index (χ2v) is 7.98. The fourth-order valence-corrected chi connectivity index (χ4v) is 4.17. The number of benzene rings is 2. The van der Waals surface area contributed by atoms with Crippen molar-refractivity contribution in [2.24, 2.45) is 0 Å². The summed E-state index contributed by atoms with van der Waals surface area (Å²) in [4.78, 5) is 26.5. The molecule has 0 saturated carbocycles. The van der Waals surface area contributed by atoms with Gasteiger partial charge >= 0.3 is 5.97 Å². The maximum atomic E-state index is 13.5. The lowest BCUT2D eigenvalue weighted by Gasteiger charge is -2.38. The van der Waals surface area contributed by atoms with E-state index in [9.17, 15) is 14.7 Å². The number of hydrogen-bond acceptors (Lipinski definition) is 6. The maximum absolute atomic E-state index is 13.5. The smallest absolute Gasteiger partial charge is 0.335 e. The first-order valence-corrected chi connectivity index (χ1v) is 10.7. The molecule has 3 aromatic rings. The number of methoxy groups -OCH3 is 1. The van der Waals surface area contributed by atoms with Gasteiger partial charge in [-0.2, -0.15) is 0 Å². The van der Waals surface area contributed by atoms with Crippen molar-refractivity contribution in [3.63, 3.8) is 0 Å². The first-order chi connectivity index (χ1) is 16.3. The Morgan fingerprint density at radius 3 is 2.50 bits per heavy atom. The second kappa shape index (κ2) is 9.36. The Labute approximate surface area is 201 Å². The molecular formula is C24H22N4O5S. The van der Waals surface area contributed by atoms with Crippen LogP contribution in [0.2, 0.25) is 0 Å². The van der Waals surface area contributed by atoms with Gasteiger partial charge in [0.1, 0.15) is 11.5 Å². The van der Waals surface area contributed by atoms with Crippen LogP contribution >= 0.6 is 12.2 Å². The number of aryl methyl sites for hydroxylation is 1. The quantitative estimate of drug-likeness (QED) is 0.451. The predicted molar refractivity (Wildman–Crippen MR) is 130 cm³/mol. The number of amides is 1. The average Bonchev–Trinajstić information content (AvgIpc) is 3.23. The summed E-state index contributed by atoms with van der Waals surface area (Å²) in [6.07, 6.45) is 0. The van der Waals surface area contributed by atoms with Crippen molar-refractivity contribution in [3.05, 3.63) is 82.8 Å². The van der Waals surface area contributed by atoms with Gasteiger partial charge in [-0.1, -0.05) is 29.4 Å². The summed E-state index contributed by atoms with van der Waals surface area (Å²) in [5.41, 5.74) is 2.44. The molecule has 1 atom stereocenters. The summed E-state index contributed by atoms with van der Waals surface area (Å²) in [7, 11) is 1.56. The SMILES string of the molecule is COc1ccccc1N1C(=S)N[C@@H](c2ccc(C(=O)O)cc2)C(C(=O)Nc2cc(C)on2)=C1C. The molecule has 10 heteroatoms. The molecule has 1 aliphatic rings. The van der Waals surface area contributed by atoms with E-state index in [1.54, 1.807) is 50.1 Å². The molecule has 0 spiro atoms. The fraction of sp³-hybridized carbons (Fsp3) is 0.167. The number of allylic oxidation sites excluding steroid dienone is 1. The lowest BCUT2D eigenvalue weighted by molar-refractivity contribution is -0.113. The van der Waals surface area contributed by atoms with E-state index in [4.69, 9.17) is 21.5 Å². The number of nitrogens with one attached hydrogen (secondary N) is 2. The van der Waals surface area contributed by atoms with Gasteiger partial charge in [-0.25, -0.2) is 4.79 Å². The van der Waals surface area contributed by atoms with Crippen molar-refractivity contribution >= 4 is 40.7 Å². The van der Waals surface area contributed by atoms with Crippen molar-refractivity contribution in [1.82, 2.24) is 10.5 Å². The third-order valence-corrected chi connectivity index (χ3v) is 5.72. The third kappa shape index (κ3) is 4.35. The van der Waals surface area contributed by atoms with E-state index in [-0.39, 0.29) is 11.4 Å². The normalized spacial score (nSPS) is 15.7. The van der Waals surface area contributed by atoms with E-state index in [0.29, 0.717) is 39.1 Å². The van der Waals surface area contributed by atoms with E-state index in [1.165, 1.54) is 12.1 Å². The average molecular weight is 479 g/mol. The van der Waals surface area contributed by atoms with Gasteiger partial charge in [-0.15, -0.1) is 0 Å². The molecule has 4 rings (SSSR count). The van der Waals surface area contributed by atoms with Crippen molar-refractivity contribution in [2.45, 2.75) is 19.9 Å². The van der Waals surface area contributed by atoms with Crippen LogP contribution in [-0.4, -0.2) is 34.4 Å². The number of ether oxygens (including phenoxy) is 1. The van der Waals surface area contributed by atoms with Crippen LogP contribution < -0.4 is 20.3 Å². The summed E-state index contributed by atoms with van der Waals surface area (Å²) in [6.45, 7) is 3.52. The number of rotatable bonds is 6. The van der Waals surface area contributed by atoms with Gasteiger partial charge in [0.15, 0.2) is 10.9 Å². The Kier molecular flexibility index (Phi) is 6.33. The molecule has 2 aromatic carbocycles. The van der Waals surface area contributed by atoms with Crippen molar-refractivity contribution in [2.75, 3.05) is 17.3 Å². The Bertz CT molecular complexity index is 1300. The number of thiocarbonyl (C=S) groups is 1. The zero-order chi connectivity index (χ0) is 24.4. The minimum Gasteiger partial charge on any atom is -0.495 e. The monoisotopic (exact) mass is 478 g/mol. The van der Waals surface area contributed by atoms with E-state index in [1.807, 2.05) is 18.2 Å². The fourth-order valence-electron chi connectivity index (χ4n) is 3.82. The van der Waals surface area contributed by atoms with Gasteiger partial charge in [-0.3, -0.25) is 9.69 Å². The summed E-state index contributed by atoms with van der Waals surface area (Å²) < 4.78 is 10.6. The molecule has 9 nitrogen and oxygen atoms in total. The third-order valence-electron chi connectivity index (χ3n) is 5.42. The number of anilines is 2. The lowest BCUT2D eigenvalue weighted by Crippen LogP contribution is -2.48. The number of carbonyl (C=O) groups excluding carboxylic acids is 1. The zero-order valence-corrected chi connectivity index (χ0v) is 19.5. The van der Waals surface area contributed by atoms with Crippen LogP contribution in [0.5, 0.6) is 5.75 Å². The summed E-state index contributed by atoms with van der Waals surface area (Å²) >= 11 is 5.68. The van der Waals surface area contributed by atoms with Crippen LogP contribution in [0.3, 0.4) is 0 Å². The number of aromatic nitrogens is 1.